The van der Waals surface area contributed by atoms with Crippen LogP contribution in [0.15, 0.2) is 18.2 Å². The highest BCUT2D eigenvalue weighted by Gasteiger charge is 2.15. The van der Waals surface area contributed by atoms with E-state index in [0.717, 1.165) is 18.4 Å². The number of carbonyl (C=O) groups excluding carboxylic acids is 1. The van der Waals surface area contributed by atoms with Gasteiger partial charge >= 0.3 is 0 Å². The maximum absolute atomic E-state index is 12.1. The van der Waals surface area contributed by atoms with E-state index in [2.05, 4.69) is 25.2 Å². The molecule has 0 bridgehead atoms. The van der Waals surface area contributed by atoms with Gasteiger partial charge in [-0.05, 0) is 49.8 Å². The van der Waals surface area contributed by atoms with Crippen LogP contribution < -0.4 is 11.1 Å². The third-order valence-electron chi connectivity index (χ3n) is 3.88. The lowest BCUT2D eigenvalue weighted by Crippen LogP contribution is -2.18. The van der Waals surface area contributed by atoms with Crippen molar-refractivity contribution in [3.8, 4) is 6.07 Å². The van der Waals surface area contributed by atoms with Crippen molar-refractivity contribution in [3.05, 3.63) is 29.3 Å². The molecule has 1 aromatic carbocycles. The fourth-order valence-electron chi connectivity index (χ4n) is 2.47. The van der Waals surface area contributed by atoms with Gasteiger partial charge in [-0.15, -0.1) is 0 Å². The number of hydrogen-bond acceptors (Lipinski definition) is 3. The normalized spacial score (nSPS) is 12.0. The first-order valence-electron chi connectivity index (χ1n) is 7.49. The number of nitrogens with zero attached hydrogens (tertiary/aromatic N) is 1. The Kier molecular flexibility index (Phi) is 6.90. The van der Waals surface area contributed by atoms with Crippen molar-refractivity contribution in [3.63, 3.8) is 0 Å². The first-order chi connectivity index (χ1) is 9.99. The first kappa shape index (κ1) is 17.2. The van der Waals surface area contributed by atoms with Crippen molar-refractivity contribution < 1.29 is 4.79 Å². The summed E-state index contributed by atoms with van der Waals surface area (Å²) in [5.74, 6) is 0.948. The van der Waals surface area contributed by atoms with Gasteiger partial charge in [-0.1, -0.05) is 26.0 Å². The topological polar surface area (TPSA) is 78.9 Å². The Balaban J connectivity index is 2.62. The Bertz CT molecular complexity index is 517. The summed E-state index contributed by atoms with van der Waals surface area (Å²) in [6.45, 7) is 6.84. The maximum Gasteiger partial charge on any atom is 0.224 e. The molecule has 0 aliphatic carbocycles. The number of hydrogen-bond donors (Lipinski definition) is 2. The number of aryl methyl sites for hydroxylation is 1. The molecule has 1 unspecified atom stereocenters. The zero-order chi connectivity index (χ0) is 15.8. The third-order valence-corrected chi connectivity index (χ3v) is 3.88. The van der Waals surface area contributed by atoms with E-state index >= 15 is 0 Å². The molecule has 0 aromatic heterocycles. The van der Waals surface area contributed by atoms with Crippen LogP contribution in [0.2, 0.25) is 0 Å². The minimum atomic E-state index is -0.0419. The van der Waals surface area contributed by atoms with E-state index in [1.165, 1.54) is 0 Å². The summed E-state index contributed by atoms with van der Waals surface area (Å²) in [7, 11) is 0. The second kappa shape index (κ2) is 8.43. The lowest BCUT2D eigenvalue weighted by Gasteiger charge is -2.19. The second-order valence-electron chi connectivity index (χ2n) is 5.78. The summed E-state index contributed by atoms with van der Waals surface area (Å²) in [6.07, 6.45) is 2.23. The van der Waals surface area contributed by atoms with Crippen molar-refractivity contribution in [2.45, 2.75) is 40.0 Å². The standard InChI is InChI=1S/C17H25N3O/c1-12(2)14(9-10-18)7-8-17(21)20-16-6-4-5-13(3)15(16)11-19/h4-6,12,14H,7-10,18H2,1-3H3,(H,20,21). The van der Waals surface area contributed by atoms with Crippen molar-refractivity contribution in [1.29, 1.82) is 5.26 Å². The monoisotopic (exact) mass is 287 g/mol. The van der Waals surface area contributed by atoms with Gasteiger partial charge in [-0.25, -0.2) is 0 Å². The lowest BCUT2D eigenvalue weighted by molar-refractivity contribution is -0.116. The predicted octanol–water partition coefficient (Wildman–Crippen LogP) is 3.21. The van der Waals surface area contributed by atoms with Crippen LogP contribution in [0.5, 0.6) is 0 Å². The van der Waals surface area contributed by atoms with Gasteiger partial charge in [0.2, 0.25) is 5.91 Å². The van der Waals surface area contributed by atoms with Gasteiger partial charge in [-0.2, -0.15) is 5.26 Å². The second-order valence-corrected chi connectivity index (χ2v) is 5.78. The lowest BCUT2D eigenvalue weighted by atomic mass is 9.88. The molecule has 0 saturated heterocycles. The van der Waals surface area contributed by atoms with Crippen LogP contribution in [0, 0.1) is 30.1 Å². The van der Waals surface area contributed by atoms with Gasteiger partial charge < -0.3 is 11.1 Å². The molecule has 1 amide bonds. The Morgan fingerprint density at radius 3 is 2.67 bits per heavy atom. The van der Waals surface area contributed by atoms with Crippen LogP contribution in [0.1, 0.15) is 44.2 Å². The summed E-state index contributed by atoms with van der Waals surface area (Å²) in [4.78, 5) is 12.1. The van der Waals surface area contributed by atoms with Gasteiger partial charge in [0.1, 0.15) is 6.07 Å². The van der Waals surface area contributed by atoms with Crippen molar-refractivity contribution in [1.82, 2.24) is 0 Å². The van der Waals surface area contributed by atoms with Crippen molar-refractivity contribution in [2.75, 3.05) is 11.9 Å². The first-order valence-corrected chi connectivity index (χ1v) is 7.49. The SMILES string of the molecule is Cc1cccc(NC(=O)CCC(CCN)C(C)C)c1C#N. The van der Waals surface area contributed by atoms with Gasteiger partial charge in [0.05, 0.1) is 11.3 Å². The molecule has 114 valence electrons. The van der Waals surface area contributed by atoms with Crippen molar-refractivity contribution in [2.24, 2.45) is 17.6 Å². The highest BCUT2D eigenvalue weighted by atomic mass is 16.1. The number of amides is 1. The molecule has 1 rings (SSSR count). The number of benzene rings is 1. The molecular formula is C17H25N3O. The third kappa shape index (κ3) is 5.20. The van der Waals surface area contributed by atoms with E-state index in [4.69, 9.17) is 11.0 Å². The molecule has 4 heteroatoms. The largest absolute Gasteiger partial charge is 0.330 e. The zero-order valence-corrected chi connectivity index (χ0v) is 13.1. The molecule has 21 heavy (non-hydrogen) atoms. The maximum atomic E-state index is 12.1. The Labute approximate surface area is 127 Å². The van der Waals surface area contributed by atoms with E-state index in [9.17, 15) is 4.79 Å². The van der Waals surface area contributed by atoms with Crippen LogP contribution in [0.3, 0.4) is 0 Å². The van der Waals surface area contributed by atoms with Crippen molar-refractivity contribution >= 4 is 11.6 Å². The fraction of sp³-hybridized carbons (Fsp3) is 0.529. The summed E-state index contributed by atoms with van der Waals surface area (Å²) in [6, 6.07) is 7.62. The van der Waals surface area contributed by atoms with Crippen LogP contribution in [0.25, 0.3) is 0 Å². The highest BCUT2D eigenvalue weighted by Crippen LogP contribution is 2.22. The van der Waals surface area contributed by atoms with Gasteiger partial charge in [0, 0.05) is 6.42 Å². The molecule has 3 N–H and O–H groups in total. The Morgan fingerprint density at radius 2 is 2.10 bits per heavy atom. The molecular weight excluding hydrogens is 262 g/mol. The van der Waals surface area contributed by atoms with Gasteiger partial charge in [-0.3, -0.25) is 4.79 Å². The number of anilines is 1. The summed E-state index contributed by atoms with van der Waals surface area (Å²) >= 11 is 0. The molecule has 0 fully saturated rings. The summed E-state index contributed by atoms with van der Waals surface area (Å²) in [5, 5.41) is 12.0. The zero-order valence-electron chi connectivity index (χ0n) is 13.1. The Morgan fingerprint density at radius 1 is 1.38 bits per heavy atom. The number of carbonyl (C=O) groups is 1. The minimum Gasteiger partial charge on any atom is -0.330 e. The number of nitriles is 1. The van der Waals surface area contributed by atoms with E-state index in [-0.39, 0.29) is 5.91 Å². The molecule has 1 atom stereocenters. The molecule has 0 aliphatic heterocycles. The van der Waals surface area contributed by atoms with Gasteiger partial charge in [0.25, 0.3) is 0 Å². The number of nitrogens with two attached hydrogens (primary N) is 1. The Hall–Kier alpha value is -1.86. The molecule has 4 nitrogen and oxygen atoms in total. The van der Waals surface area contributed by atoms with Crippen LogP contribution in [-0.2, 0) is 4.79 Å². The minimum absolute atomic E-state index is 0.0419. The number of rotatable bonds is 7. The van der Waals surface area contributed by atoms with Gasteiger partial charge in [0.15, 0.2) is 0 Å². The van der Waals surface area contributed by atoms with E-state index in [1.807, 2.05) is 19.1 Å². The van der Waals surface area contributed by atoms with E-state index < -0.39 is 0 Å². The van der Waals surface area contributed by atoms with Crippen LogP contribution in [-0.4, -0.2) is 12.5 Å². The van der Waals surface area contributed by atoms with E-state index in [1.54, 1.807) is 6.07 Å². The summed E-state index contributed by atoms with van der Waals surface area (Å²) in [5.41, 5.74) is 7.62. The average Bonchev–Trinajstić information content (AvgIpc) is 2.43. The highest BCUT2D eigenvalue weighted by molar-refractivity contribution is 5.92. The quantitative estimate of drug-likeness (QED) is 0.808. The average molecular weight is 287 g/mol. The smallest absolute Gasteiger partial charge is 0.224 e. The molecule has 0 aliphatic rings. The molecule has 0 saturated carbocycles. The molecule has 0 heterocycles. The van der Waals surface area contributed by atoms with Crippen LogP contribution in [0.4, 0.5) is 5.69 Å². The summed E-state index contributed by atoms with van der Waals surface area (Å²) < 4.78 is 0. The van der Waals surface area contributed by atoms with Crippen LogP contribution >= 0.6 is 0 Å². The van der Waals surface area contributed by atoms with E-state index in [0.29, 0.717) is 36.1 Å². The fourth-order valence-corrected chi connectivity index (χ4v) is 2.47. The predicted molar refractivity (Wildman–Crippen MR) is 85.8 cm³/mol. The number of nitrogens with one attached hydrogen (secondary N) is 1. The molecule has 0 spiro atoms. The molecule has 1 aromatic rings. The molecule has 0 radical (unpaired) electrons.